The van der Waals surface area contributed by atoms with Crippen LogP contribution in [0.2, 0.25) is 0 Å². The fourth-order valence-corrected chi connectivity index (χ4v) is 1.39. The second kappa shape index (κ2) is 4.76. The molecule has 0 saturated heterocycles. The minimum Gasteiger partial charge on any atom is -0.407 e. The first-order chi connectivity index (χ1) is 7.79. The van der Waals surface area contributed by atoms with Gasteiger partial charge in [0.1, 0.15) is 0 Å². The summed E-state index contributed by atoms with van der Waals surface area (Å²) in [6, 6.07) is 8.54. The van der Waals surface area contributed by atoms with E-state index in [0.717, 1.165) is 0 Å². The first-order valence-electron chi connectivity index (χ1n) is 5.10. The first kappa shape index (κ1) is 10.6. The quantitative estimate of drug-likeness (QED) is 0.812. The molecular formula is C11H14N4O. The van der Waals surface area contributed by atoms with Crippen LogP contribution in [0.4, 0.5) is 6.01 Å². The van der Waals surface area contributed by atoms with Gasteiger partial charge in [-0.25, -0.2) is 0 Å². The Kier molecular flexibility index (Phi) is 3.16. The average molecular weight is 218 g/mol. The fourth-order valence-electron chi connectivity index (χ4n) is 1.39. The van der Waals surface area contributed by atoms with Gasteiger partial charge in [-0.2, -0.15) is 0 Å². The summed E-state index contributed by atoms with van der Waals surface area (Å²) < 4.78 is 5.24. The van der Waals surface area contributed by atoms with Crippen LogP contribution >= 0.6 is 0 Å². The highest BCUT2D eigenvalue weighted by atomic mass is 16.4. The molecule has 0 radical (unpaired) electrons. The number of aryl methyl sites for hydroxylation is 1. The third kappa shape index (κ3) is 2.38. The lowest BCUT2D eigenvalue weighted by Crippen LogP contribution is -2.01. The van der Waals surface area contributed by atoms with Crippen LogP contribution in [-0.4, -0.2) is 10.2 Å². The summed E-state index contributed by atoms with van der Waals surface area (Å²) in [5.41, 5.74) is 7.80. The van der Waals surface area contributed by atoms with Crippen molar-refractivity contribution in [2.24, 2.45) is 5.73 Å². The number of aromatic nitrogens is 2. The Bertz CT molecular complexity index is 467. The molecule has 84 valence electrons. The molecule has 0 spiro atoms. The largest absolute Gasteiger partial charge is 0.407 e. The zero-order valence-electron chi connectivity index (χ0n) is 9.10. The lowest BCUT2D eigenvalue weighted by atomic mass is 10.1. The Labute approximate surface area is 93.7 Å². The van der Waals surface area contributed by atoms with E-state index >= 15 is 0 Å². The van der Waals surface area contributed by atoms with Crippen LogP contribution in [-0.2, 0) is 13.1 Å². The summed E-state index contributed by atoms with van der Waals surface area (Å²) in [6.07, 6.45) is 0. The van der Waals surface area contributed by atoms with E-state index in [9.17, 15) is 0 Å². The number of nitrogens with two attached hydrogens (primary N) is 1. The third-order valence-corrected chi connectivity index (χ3v) is 2.33. The zero-order valence-corrected chi connectivity index (χ0v) is 9.10. The lowest BCUT2D eigenvalue weighted by Gasteiger charge is -2.04. The second-order valence-corrected chi connectivity index (χ2v) is 3.49. The van der Waals surface area contributed by atoms with E-state index in [2.05, 4.69) is 34.6 Å². The van der Waals surface area contributed by atoms with Crippen LogP contribution in [0.15, 0.2) is 28.7 Å². The number of hydrogen-bond donors (Lipinski definition) is 2. The highest BCUT2D eigenvalue weighted by molar-refractivity contribution is 5.29. The van der Waals surface area contributed by atoms with Gasteiger partial charge in [0, 0.05) is 6.54 Å². The van der Waals surface area contributed by atoms with Crippen LogP contribution in [0.25, 0.3) is 0 Å². The van der Waals surface area contributed by atoms with Crippen LogP contribution in [0, 0.1) is 6.92 Å². The van der Waals surface area contributed by atoms with Gasteiger partial charge in [0.15, 0.2) is 0 Å². The van der Waals surface area contributed by atoms with Crippen molar-refractivity contribution in [1.29, 1.82) is 0 Å². The normalized spacial score (nSPS) is 10.4. The summed E-state index contributed by atoms with van der Waals surface area (Å²) >= 11 is 0. The van der Waals surface area contributed by atoms with Crippen molar-refractivity contribution in [3.8, 4) is 0 Å². The average Bonchev–Trinajstić information content (AvgIpc) is 2.76. The molecule has 0 aliphatic rings. The summed E-state index contributed by atoms with van der Waals surface area (Å²) in [5.74, 6) is 0.437. The summed E-state index contributed by atoms with van der Waals surface area (Å²) in [5, 5.41) is 10.6. The van der Waals surface area contributed by atoms with E-state index in [1.165, 1.54) is 11.1 Å². The molecule has 1 heterocycles. The first-order valence-corrected chi connectivity index (χ1v) is 5.10. The molecular weight excluding hydrogens is 204 g/mol. The molecule has 0 fully saturated rings. The summed E-state index contributed by atoms with van der Waals surface area (Å²) in [6.45, 7) is 2.99. The molecule has 5 nitrogen and oxygen atoms in total. The van der Waals surface area contributed by atoms with Gasteiger partial charge in [-0.3, -0.25) is 0 Å². The zero-order chi connectivity index (χ0) is 11.4. The van der Waals surface area contributed by atoms with Crippen molar-refractivity contribution in [3.05, 3.63) is 41.3 Å². The minimum atomic E-state index is 0.263. The monoisotopic (exact) mass is 218 g/mol. The van der Waals surface area contributed by atoms with Gasteiger partial charge >= 0.3 is 6.01 Å². The van der Waals surface area contributed by atoms with Crippen molar-refractivity contribution in [2.45, 2.75) is 20.0 Å². The summed E-state index contributed by atoms with van der Waals surface area (Å²) in [4.78, 5) is 0. The third-order valence-electron chi connectivity index (χ3n) is 2.33. The van der Waals surface area contributed by atoms with Crippen molar-refractivity contribution in [3.63, 3.8) is 0 Å². The number of nitrogens with one attached hydrogen (secondary N) is 1. The highest BCUT2D eigenvalue weighted by Gasteiger charge is 2.04. The van der Waals surface area contributed by atoms with Crippen LogP contribution in [0.5, 0.6) is 0 Å². The number of rotatable bonds is 4. The molecule has 0 saturated carbocycles. The highest BCUT2D eigenvalue weighted by Crippen LogP contribution is 2.10. The van der Waals surface area contributed by atoms with Crippen molar-refractivity contribution in [2.75, 3.05) is 5.32 Å². The van der Waals surface area contributed by atoms with Gasteiger partial charge in [-0.05, 0) is 18.1 Å². The standard InChI is InChI=1S/C11H14N4O/c1-8-4-2-3-5-9(8)7-13-11-15-14-10(6-12)16-11/h2-5H,6-7,12H2,1H3,(H,13,15). The maximum atomic E-state index is 5.37. The van der Waals surface area contributed by atoms with E-state index in [-0.39, 0.29) is 6.54 Å². The molecule has 0 aliphatic carbocycles. The Morgan fingerprint density at radius 3 is 2.81 bits per heavy atom. The van der Waals surface area contributed by atoms with Crippen LogP contribution in [0.3, 0.4) is 0 Å². The van der Waals surface area contributed by atoms with Gasteiger partial charge in [0.25, 0.3) is 0 Å². The molecule has 1 aromatic carbocycles. The smallest absolute Gasteiger partial charge is 0.315 e. The van der Waals surface area contributed by atoms with Gasteiger partial charge in [-0.1, -0.05) is 29.4 Å². The Balaban J connectivity index is 1.99. The molecule has 16 heavy (non-hydrogen) atoms. The van der Waals surface area contributed by atoms with Crippen molar-refractivity contribution < 1.29 is 4.42 Å². The molecule has 0 bridgehead atoms. The van der Waals surface area contributed by atoms with Gasteiger partial charge in [0.05, 0.1) is 6.54 Å². The second-order valence-electron chi connectivity index (χ2n) is 3.49. The SMILES string of the molecule is Cc1ccccc1CNc1nnc(CN)o1. The fraction of sp³-hybridized carbons (Fsp3) is 0.273. The Morgan fingerprint density at radius 1 is 1.31 bits per heavy atom. The van der Waals surface area contributed by atoms with E-state index < -0.39 is 0 Å². The van der Waals surface area contributed by atoms with E-state index in [0.29, 0.717) is 18.5 Å². The van der Waals surface area contributed by atoms with Gasteiger partial charge < -0.3 is 15.5 Å². The topological polar surface area (TPSA) is 77.0 Å². The molecule has 0 amide bonds. The van der Waals surface area contributed by atoms with Gasteiger partial charge in [0.2, 0.25) is 5.89 Å². The molecule has 0 unspecified atom stereocenters. The predicted molar refractivity (Wildman–Crippen MR) is 60.7 cm³/mol. The van der Waals surface area contributed by atoms with Crippen molar-refractivity contribution >= 4 is 6.01 Å². The Hall–Kier alpha value is -1.88. The van der Waals surface area contributed by atoms with E-state index in [1.54, 1.807) is 0 Å². The summed E-state index contributed by atoms with van der Waals surface area (Å²) in [7, 11) is 0. The van der Waals surface area contributed by atoms with E-state index in [4.69, 9.17) is 10.2 Å². The number of anilines is 1. The number of hydrogen-bond acceptors (Lipinski definition) is 5. The van der Waals surface area contributed by atoms with Crippen LogP contribution in [0.1, 0.15) is 17.0 Å². The Morgan fingerprint density at radius 2 is 2.12 bits per heavy atom. The van der Waals surface area contributed by atoms with Crippen molar-refractivity contribution in [1.82, 2.24) is 10.2 Å². The lowest BCUT2D eigenvalue weighted by molar-refractivity contribution is 0.507. The maximum Gasteiger partial charge on any atom is 0.315 e. The molecule has 2 aromatic rings. The molecule has 2 rings (SSSR count). The molecule has 0 aliphatic heterocycles. The van der Waals surface area contributed by atoms with Crippen LogP contribution < -0.4 is 11.1 Å². The number of benzene rings is 1. The van der Waals surface area contributed by atoms with E-state index in [1.807, 2.05) is 12.1 Å². The van der Waals surface area contributed by atoms with Gasteiger partial charge in [-0.15, -0.1) is 5.10 Å². The molecule has 0 atom stereocenters. The predicted octanol–water partition coefficient (Wildman–Crippen LogP) is 1.45. The maximum absolute atomic E-state index is 5.37. The minimum absolute atomic E-state index is 0.263. The number of nitrogens with zero attached hydrogens (tertiary/aromatic N) is 2. The molecule has 1 aromatic heterocycles. The molecule has 3 N–H and O–H groups in total. The molecule has 5 heteroatoms.